The molecule has 1 aromatic rings. The zero-order chi connectivity index (χ0) is 16.8. The lowest BCUT2D eigenvalue weighted by Gasteiger charge is -2.23. The number of carbonyl (C=O) groups excluding carboxylic acids is 1. The van der Waals surface area contributed by atoms with Crippen LogP contribution in [0.4, 0.5) is 10.1 Å². The Balaban J connectivity index is 2.10. The molecule has 1 heterocycles. The van der Waals surface area contributed by atoms with Crippen LogP contribution in [0.5, 0.6) is 0 Å². The van der Waals surface area contributed by atoms with E-state index in [1.165, 1.54) is 18.2 Å². The number of aliphatic hydroxyl groups excluding tert-OH is 1. The molecule has 2 rings (SSSR count). The van der Waals surface area contributed by atoms with Gasteiger partial charge in [0.2, 0.25) is 5.91 Å². The lowest BCUT2D eigenvalue weighted by Crippen LogP contribution is -2.34. The number of halogens is 1. The number of rotatable bonds is 6. The molecule has 124 valence electrons. The molecule has 0 aromatic heterocycles. The van der Waals surface area contributed by atoms with Crippen molar-refractivity contribution in [2.45, 2.75) is 31.7 Å². The summed E-state index contributed by atoms with van der Waals surface area (Å²) in [5.74, 6) is -0.909. The maximum atomic E-state index is 13.1. The average Bonchev–Trinajstić information content (AvgIpc) is 2.99. The fourth-order valence-corrected chi connectivity index (χ4v) is 2.83. The number of likely N-dealkylation sites (tertiary alicyclic amines) is 1. The number of nitrogens with zero attached hydrogens (tertiary/aromatic N) is 2. The van der Waals surface area contributed by atoms with Crippen LogP contribution in [-0.2, 0) is 4.79 Å². The standard InChI is InChI=1S/C16H19FN2O4/c17-13-7-5-12(15(11-13)19(22)23)6-8-16(21)18-9-1-3-14(18)4-2-10-20/h5-8,11,14,20H,1-4,9-10H2/b8-6+. The van der Waals surface area contributed by atoms with Gasteiger partial charge in [-0.05, 0) is 43.9 Å². The fraction of sp³-hybridized carbons (Fsp3) is 0.438. The Hall–Kier alpha value is -2.28. The molecular formula is C16H19FN2O4. The molecule has 1 amide bonds. The summed E-state index contributed by atoms with van der Waals surface area (Å²) in [7, 11) is 0. The summed E-state index contributed by atoms with van der Waals surface area (Å²) in [5.41, 5.74) is -0.178. The maximum Gasteiger partial charge on any atom is 0.279 e. The summed E-state index contributed by atoms with van der Waals surface area (Å²) in [6.45, 7) is 0.737. The molecule has 1 fully saturated rings. The van der Waals surface area contributed by atoms with Crippen molar-refractivity contribution in [3.63, 3.8) is 0 Å². The van der Waals surface area contributed by atoms with E-state index in [2.05, 4.69) is 0 Å². The van der Waals surface area contributed by atoms with Gasteiger partial charge in [-0.1, -0.05) is 0 Å². The summed E-state index contributed by atoms with van der Waals surface area (Å²) in [5, 5.41) is 19.8. The lowest BCUT2D eigenvalue weighted by atomic mass is 10.1. The zero-order valence-electron chi connectivity index (χ0n) is 12.7. The Kier molecular flexibility index (Phi) is 5.81. The van der Waals surface area contributed by atoms with Gasteiger partial charge < -0.3 is 10.0 Å². The molecule has 0 aliphatic carbocycles. The molecule has 1 unspecified atom stereocenters. The van der Waals surface area contributed by atoms with Crippen molar-refractivity contribution in [3.05, 3.63) is 45.8 Å². The monoisotopic (exact) mass is 322 g/mol. The molecule has 0 spiro atoms. The third-order valence-corrected chi connectivity index (χ3v) is 3.95. The Morgan fingerprint density at radius 1 is 1.52 bits per heavy atom. The number of carbonyl (C=O) groups is 1. The van der Waals surface area contributed by atoms with Crippen molar-refractivity contribution in [2.75, 3.05) is 13.2 Å². The number of nitro benzene ring substituents is 1. The van der Waals surface area contributed by atoms with E-state index >= 15 is 0 Å². The SMILES string of the molecule is O=C(/C=C/c1ccc(F)cc1[N+](=O)[O-])N1CCCC1CCCO. The molecule has 1 atom stereocenters. The molecule has 0 bridgehead atoms. The molecule has 1 aromatic carbocycles. The van der Waals surface area contributed by atoms with Gasteiger partial charge in [-0.15, -0.1) is 0 Å². The van der Waals surface area contributed by atoms with Gasteiger partial charge in [0.25, 0.3) is 5.69 Å². The van der Waals surface area contributed by atoms with Gasteiger partial charge in [0, 0.05) is 25.3 Å². The van der Waals surface area contributed by atoms with E-state index in [1.807, 2.05) is 0 Å². The second-order valence-corrected chi connectivity index (χ2v) is 5.49. The van der Waals surface area contributed by atoms with Crippen molar-refractivity contribution in [2.24, 2.45) is 0 Å². The van der Waals surface area contributed by atoms with Crippen molar-refractivity contribution in [1.29, 1.82) is 0 Å². The van der Waals surface area contributed by atoms with Gasteiger partial charge >= 0.3 is 0 Å². The van der Waals surface area contributed by atoms with Gasteiger partial charge in [0.05, 0.1) is 16.6 Å². The normalized spacial score (nSPS) is 17.8. The molecule has 1 saturated heterocycles. The molecule has 23 heavy (non-hydrogen) atoms. The van der Waals surface area contributed by atoms with Gasteiger partial charge in [0.1, 0.15) is 5.82 Å². The van der Waals surface area contributed by atoms with E-state index in [4.69, 9.17) is 5.11 Å². The minimum absolute atomic E-state index is 0.0934. The third kappa shape index (κ3) is 4.35. The van der Waals surface area contributed by atoms with Crippen molar-refractivity contribution >= 4 is 17.7 Å². The minimum atomic E-state index is -0.691. The Morgan fingerprint density at radius 2 is 2.30 bits per heavy atom. The topological polar surface area (TPSA) is 83.7 Å². The van der Waals surface area contributed by atoms with E-state index in [0.717, 1.165) is 31.4 Å². The molecule has 6 nitrogen and oxygen atoms in total. The highest BCUT2D eigenvalue weighted by molar-refractivity contribution is 5.92. The summed E-state index contributed by atoms with van der Waals surface area (Å²) < 4.78 is 13.1. The highest BCUT2D eigenvalue weighted by atomic mass is 19.1. The van der Waals surface area contributed by atoms with Gasteiger partial charge in [0.15, 0.2) is 0 Å². The van der Waals surface area contributed by atoms with Crippen molar-refractivity contribution in [1.82, 2.24) is 4.90 Å². The van der Waals surface area contributed by atoms with E-state index in [9.17, 15) is 19.3 Å². The Morgan fingerprint density at radius 3 is 3.00 bits per heavy atom. The first kappa shape index (κ1) is 17.1. The van der Waals surface area contributed by atoms with Crippen LogP contribution < -0.4 is 0 Å². The number of aliphatic hydroxyl groups is 1. The third-order valence-electron chi connectivity index (χ3n) is 3.95. The second kappa shape index (κ2) is 7.82. The Labute approximate surface area is 133 Å². The van der Waals surface area contributed by atoms with Crippen LogP contribution in [0.1, 0.15) is 31.2 Å². The minimum Gasteiger partial charge on any atom is -0.396 e. The zero-order valence-corrected chi connectivity index (χ0v) is 12.7. The number of amides is 1. The van der Waals surface area contributed by atoms with Crippen LogP contribution in [0.25, 0.3) is 6.08 Å². The summed E-state index contributed by atoms with van der Waals surface area (Å²) in [6, 6.07) is 3.34. The molecule has 1 aliphatic rings. The van der Waals surface area contributed by atoms with Crippen LogP contribution >= 0.6 is 0 Å². The van der Waals surface area contributed by atoms with Crippen LogP contribution in [-0.4, -0.2) is 40.0 Å². The molecular weight excluding hydrogens is 303 g/mol. The smallest absolute Gasteiger partial charge is 0.279 e. The first-order valence-corrected chi connectivity index (χ1v) is 7.56. The highest BCUT2D eigenvalue weighted by Crippen LogP contribution is 2.24. The summed E-state index contributed by atoms with van der Waals surface area (Å²) >= 11 is 0. The van der Waals surface area contributed by atoms with Gasteiger partial charge in [-0.25, -0.2) is 4.39 Å². The predicted molar refractivity (Wildman–Crippen MR) is 83.1 cm³/mol. The first-order chi connectivity index (χ1) is 11.0. The van der Waals surface area contributed by atoms with Crippen LogP contribution in [0.15, 0.2) is 24.3 Å². The van der Waals surface area contributed by atoms with Crippen LogP contribution in [0.2, 0.25) is 0 Å². The number of benzene rings is 1. The highest BCUT2D eigenvalue weighted by Gasteiger charge is 2.26. The number of hydrogen-bond acceptors (Lipinski definition) is 4. The van der Waals surface area contributed by atoms with E-state index in [-0.39, 0.29) is 29.8 Å². The molecule has 7 heteroatoms. The fourth-order valence-electron chi connectivity index (χ4n) is 2.83. The van der Waals surface area contributed by atoms with E-state index in [1.54, 1.807) is 4.90 Å². The average molecular weight is 322 g/mol. The maximum absolute atomic E-state index is 13.1. The summed E-state index contributed by atoms with van der Waals surface area (Å²) in [4.78, 5) is 24.3. The molecule has 0 saturated carbocycles. The van der Waals surface area contributed by atoms with Crippen molar-refractivity contribution in [3.8, 4) is 0 Å². The van der Waals surface area contributed by atoms with Gasteiger partial charge in [-0.3, -0.25) is 14.9 Å². The van der Waals surface area contributed by atoms with Crippen LogP contribution in [0.3, 0.4) is 0 Å². The molecule has 0 radical (unpaired) electrons. The quantitative estimate of drug-likeness (QED) is 0.495. The van der Waals surface area contributed by atoms with Crippen LogP contribution in [0, 0.1) is 15.9 Å². The second-order valence-electron chi connectivity index (χ2n) is 5.49. The molecule has 1 N–H and O–H groups in total. The van der Waals surface area contributed by atoms with E-state index in [0.29, 0.717) is 13.0 Å². The summed E-state index contributed by atoms with van der Waals surface area (Å²) in [6.07, 6.45) is 5.83. The predicted octanol–water partition coefficient (Wildman–Crippen LogP) is 2.51. The molecule has 1 aliphatic heterocycles. The van der Waals surface area contributed by atoms with Gasteiger partial charge in [-0.2, -0.15) is 0 Å². The largest absolute Gasteiger partial charge is 0.396 e. The first-order valence-electron chi connectivity index (χ1n) is 7.56. The Bertz CT molecular complexity index is 618. The van der Waals surface area contributed by atoms with E-state index < -0.39 is 10.7 Å². The number of hydrogen-bond donors (Lipinski definition) is 1. The lowest BCUT2D eigenvalue weighted by molar-refractivity contribution is -0.385. The number of nitro groups is 1. The van der Waals surface area contributed by atoms with Crippen molar-refractivity contribution < 1.29 is 19.2 Å².